The van der Waals surface area contributed by atoms with E-state index in [9.17, 15) is 14.7 Å². The molecular formula is C23H28N2O6S. The van der Waals surface area contributed by atoms with Crippen molar-refractivity contribution in [1.29, 1.82) is 0 Å². The predicted octanol–water partition coefficient (Wildman–Crippen LogP) is 3.10. The van der Waals surface area contributed by atoms with Crippen molar-refractivity contribution in [3.63, 3.8) is 0 Å². The fraction of sp³-hybridized carbons (Fsp3) is 0.261. The normalized spacial score (nSPS) is 10.8. The molecule has 0 atom stereocenters. The van der Waals surface area contributed by atoms with Gasteiger partial charge in [0.05, 0.1) is 17.5 Å². The van der Waals surface area contributed by atoms with Crippen molar-refractivity contribution in [2.24, 2.45) is 0 Å². The second kappa shape index (κ2) is 12.6. The summed E-state index contributed by atoms with van der Waals surface area (Å²) in [6.45, 7) is 2.61. The smallest absolute Gasteiger partial charge is 0.335 e. The Kier molecular flexibility index (Phi) is 10.5. The number of hydrogen-bond donors (Lipinski definition) is 2. The second-order valence-electron chi connectivity index (χ2n) is 7.02. The van der Waals surface area contributed by atoms with Crippen LogP contribution >= 0.6 is 11.3 Å². The first-order chi connectivity index (χ1) is 14.5. The number of rotatable bonds is 10. The van der Waals surface area contributed by atoms with Crippen LogP contribution < -0.4 is 0 Å². The molecule has 0 amide bonds. The van der Waals surface area contributed by atoms with Gasteiger partial charge in [0, 0.05) is 29.8 Å². The molecule has 2 aromatic heterocycles. The van der Waals surface area contributed by atoms with E-state index in [2.05, 4.69) is 11.9 Å². The lowest BCUT2D eigenvalue weighted by Gasteiger charge is -2.12. The van der Waals surface area contributed by atoms with Gasteiger partial charge < -0.3 is 25.7 Å². The molecule has 0 aliphatic rings. The van der Waals surface area contributed by atoms with E-state index >= 15 is 0 Å². The van der Waals surface area contributed by atoms with Crippen molar-refractivity contribution in [3.8, 4) is 0 Å². The molecule has 0 aliphatic heterocycles. The summed E-state index contributed by atoms with van der Waals surface area (Å²) in [7, 11) is 0. The standard InChI is InChI=1S/C23H24N2O4S.2H2O/c1-2-3-6-21-24-14-19(12-18(23(28)29)13-20-5-4-11-30-20)25(21)15-16-7-9-17(10-8-16)22(26)27;;/h4-5,7-12,14H,2-3,6,13,15H2,1H3,(H,26,27)(H,28,29);2*1H2/b18-12+;;. The molecule has 9 heteroatoms. The van der Waals surface area contributed by atoms with Crippen molar-refractivity contribution in [2.75, 3.05) is 0 Å². The minimum Gasteiger partial charge on any atom is -0.478 e. The Morgan fingerprint density at radius 3 is 2.41 bits per heavy atom. The van der Waals surface area contributed by atoms with E-state index in [0.717, 1.165) is 41.2 Å². The number of hydrogen-bond acceptors (Lipinski definition) is 4. The highest BCUT2D eigenvalue weighted by atomic mass is 32.1. The number of imidazole rings is 1. The molecule has 1 aromatic carbocycles. The zero-order chi connectivity index (χ0) is 21.5. The lowest BCUT2D eigenvalue weighted by atomic mass is 10.1. The Morgan fingerprint density at radius 2 is 1.84 bits per heavy atom. The number of unbranched alkanes of at least 4 members (excludes halogenated alkanes) is 1. The molecule has 3 rings (SSSR count). The van der Waals surface area contributed by atoms with Crippen molar-refractivity contribution >= 4 is 29.4 Å². The van der Waals surface area contributed by atoms with Gasteiger partial charge in [-0.15, -0.1) is 11.3 Å². The molecule has 3 aromatic rings. The maximum atomic E-state index is 11.8. The van der Waals surface area contributed by atoms with Crippen molar-refractivity contribution in [2.45, 2.75) is 39.2 Å². The zero-order valence-electron chi connectivity index (χ0n) is 17.7. The number of carboxylic acids is 2. The van der Waals surface area contributed by atoms with Crippen LogP contribution in [0.1, 0.15) is 52.1 Å². The van der Waals surface area contributed by atoms with Crippen LogP contribution in [0.3, 0.4) is 0 Å². The minimum absolute atomic E-state index is 0. The number of benzene rings is 1. The quantitative estimate of drug-likeness (QED) is 0.445. The molecule has 172 valence electrons. The topological polar surface area (TPSA) is 155 Å². The lowest BCUT2D eigenvalue weighted by Crippen LogP contribution is -2.09. The fourth-order valence-corrected chi connectivity index (χ4v) is 3.89. The van der Waals surface area contributed by atoms with E-state index in [-0.39, 0.29) is 16.5 Å². The summed E-state index contributed by atoms with van der Waals surface area (Å²) in [6.07, 6.45) is 6.58. The Morgan fingerprint density at radius 1 is 1.12 bits per heavy atom. The highest BCUT2D eigenvalue weighted by Gasteiger charge is 2.14. The average molecular weight is 461 g/mol. The van der Waals surface area contributed by atoms with Gasteiger partial charge in [-0.1, -0.05) is 31.5 Å². The molecule has 0 fully saturated rings. The van der Waals surface area contributed by atoms with E-state index in [1.54, 1.807) is 36.5 Å². The summed E-state index contributed by atoms with van der Waals surface area (Å²) >= 11 is 1.53. The minimum atomic E-state index is -0.962. The van der Waals surface area contributed by atoms with Crippen LogP contribution in [-0.4, -0.2) is 42.7 Å². The molecule has 0 saturated carbocycles. The first-order valence-electron chi connectivity index (χ1n) is 9.80. The predicted molar refractivity (Wildman–Crippen MR) is 124 cm³/mol. The number of aromatic carboxylic acids is 1. The van der Waals surface area contributed by atoms with Gasteiger partial charge in [0.1, 0.15) is 5.82 Å². The average Bonchev–Trinajstić information content (AvgIpc) is 3.37. The number of aliphatic carboxylic acids is 1. The van der Waals surface area contributed by atoms with Crippen molar-refractivity contribution in [3.05, 3.63) is 81.1 Å². The summed E-state index contributed by atoms with van der Waals surface area (Å²) < 4.78 is 2.02. The first-order valence-corrected chi connectivity index (χ1v) is 10.7. The van der Waals surface area contributed by atoms with Gasteiger partial charge in [0.15, 0.2) is 0 Å². The van der Waals surface area contributed by atoms with Gasteiger partial charge in [-0.3, -0.25) is 0 Å². The third kappa shape index (κ3) is 6.88. The third-order valence-electron chi connectivity index (χ3n) is 4.81. The van der Waals surface area contributed by atoms with E-state index in [0.29, 0.717) is 18.5 Å². The Labute approximate surface area is 190 Å². The summed E-state index contributed by atoms with van der Waals surface area (Å²) in [6, 6.07) is 10.6. The molecule has 6 N–H and O–H groups in total. The zero-order valence-corrected chi connectivity index (χ0v) is 18.6. The van der Waals surface area contributed by atoms with Gasteiger partial charge in [0.25, 0.3) is 0 Å². The molecule has 8 nitrogen and oxygen atoms in total. The van der Waals surface area contributed by atoms with Crippen molar-refractivity contribution in [1.82, 2.24) is 9.55 Å². The SMILES string of the molecule is CCCCc1ncc(/C=C(\Cc2cccs2)C(=O)O)n1Cc1ccc(C(=O)O)cc1.O.O. The maximum absolute atomic E-state index is 11.8. The number of carboxylic acid groups (broad SMARTS) is 2. The Hall–Kier alpha value is -3.27. The van der Waals surface area contributed by atoms with E-state index in [1.807, 2.05) is 22.1 Å². The van der Waals surface area contributed by atoms with Crippen LogP contribution in [-0.2, 0) is 24.2 Å². The fourth-order valence-electron chi connectivity index (χ4n) is 3.16. The van der Waals surface area contributed by atoms with E-state index in [4.69, 9.17) is 5.11 Å². The summed E-state index contributed by atoms with van der Waals surface area (Å²) in [4.78, 5) is 28.5. The number of nitrogens with zero attached hydrogens (tertiary/aromatic N) is 2. The third-order valence-corrected chi connectivity index (χ3v) is 5.68. The summed E-state index contributed by atoms with van der Waals surface area (Å²) in [5.74, 6) is -1.01. The maximum Gasteiger partial charge on any atom is 0.335 e. The Bertz CT molecular complexity index is 1040. The van der Waals surface area contributed by atoms with Gasteiger partial charge in [-0.2, -0.15) is 0 Å². The Balaban J connectivity index is 0.00000256. The van der Waals surface area contributed by atoms with Crippen LogP contribution in [0.4, 0.5) is 0 Å². The van der Waals surface area contributed by atoms with Crippen molar-refractivity contribution < 1.29 is 30.8 Å². The van der Waals surface area contributed by atoms with E-state index < -0.39 is 11.9 Å². The largest absolute Gasteiger partial charge is 0.478 e. The molecule has 0 unspecified atom stereocenters. The highest BCUT2D eigenvalue weighted by Crippen LogP contribution is 2.20. The number of aromatic nitrogens is 2. The molecule has 0 spiro atoms. The monoisotopic (exact) mass is 460 g/mol. The number of carbonyl (C=O) groups is 2. The summed E-state index contributed by atoms with van der Waals surface area (Å²) in [5, 5.41) is 20.7. The van der Waals surface area contributed by atoms with Gasteiger partial charge in [-0.25, -0.2) is 14.6 Å². The number of thiophene rings is 1. The first kappa shape index (κ1) is 26.8. The van der Waals surface area contributed by atoms with Crippen LogP contribution in [0.25, 0.3) is 6.08 Å². The molecule has 0 bridgehead atoms. The molecule has 2 heterocycles. The highest BCUT2D eigenvalue weighted by molar-refractivity contribution is 7.09. The molecule has 0 aliphatic carbocycles. The van der Waals surface area contributed by atoms with Gasteiger partial charge in [-0.05, 0) is 41.6 Å². The number of aryl methyl sites for hydroxylation is 1. The molecule has 0 saturated heterocycles. The van der Waals surface area contributed by atoms with Gasteiger partial charge >= 0.3 is 11.9 Å². The lowest BCUT2D eigenvalue weighted by molar-refractivity contribution is -0.132. The summed E-state index contributed by atoms with van der Waals surface area (Å²) in [5.41, 5.74) is 2.21. The van der Waals surface area contributed by atoms with Gasteiger partial charge in [0.2, 0.25) is 0 Å². The van der Waals surface area contributed by atoms with Crippen LogP contribution in [0.2, 0.25) is 0 Å². The molecule has 32 heavy (non-hydrogen) atoms. The van der Waals surface area contributed by atoms with Crippen LogP contribution in [0.15, 0.2) is 53.5 Å². The van der Waals surface area contributed by atoms with Crippen LogP contribution in [0, 0.1) is 0 Å². The molecule has 0 radical (unpaired) electrons. The van der Waals surface area contributed by atoms with Crippen LogP contribution in [0.5, 0.6) is 0 Å². The second-order valence-corrected chi connectivity index (χ2v) is 8.05. The van der Waals surface area contributed by atoms with E-state index in [1.165, 1.54) is 11.3 Å². The molecular weight excluding hydrogens is 432 g/mol.